The van der Waals surface area contributed by atoms with Crippen LogP contribution in [0.2, 0.25) is 0 Å². The fraction of sp³-hybridized carbons (Fsp3) is 0.0400. The average Bonchev–Trinajstić information content (AvgIpc) is 3.04. The molecule has 1 N–H and O–H groups in total. The Bertz CT molecular complexity index is 1080. The molecule has 1 unspecified atom stereocenters. The Morgan fingerprint density at radius 3 is 2.00 bits per heavy atom. The van der Waals surface area contributed by atoms with Gasteiger partial charge in [0.25, 0.3) is 0 Å². The van der Waals surface area contributed by atoms with E-state index in [1.165, 1.54) is 38.9 Å². The van der Waals surface area contributed by atoms with Crippen molar-refractivity contribution in [1.82, 2.24) is 0 Å². The molecule has 0 saturated carbocycles. The molecule has 1 aliphatic rings. The molecule has 124 valence electrons. The third-order valence-electron chi connectivity index (χ3n) is 5.27. The van der Waals surface area contributed by atoms with E-state index in [-0.39, 0.29) is 5.92 Å². The van der Waals surface area contributed by atoms with Crippen LogP contribution in [0.15, 0.2) is 97.1 Å². The lowest BCUT2D eigenvalue weighted by Crippen LogP contribution is -2.01. The molecule has 1 nitrogen and oxygen atoms in total. The molecule has 26 heavy (non-hydrogen) atoms. The smallest absolute Gasteiger partial charge is 0.115 e. The fourth-order valence-electron chi connectivity index (χ4n) is 4.14. The van der Waals surface area contributed by atoms with Crippen molar-refractivity contribution in [2.75, 3.05) is 0 Å². The summed E-state index contributed by atoms with van der Waals surface area (Å²) in [6.45, 7) is 0. The van der Waals surface area contributed by atoms with E-state index in [1.807, 2.05) is 12.1 Å². The number of phenols is 1. The van der Waals surface area contributed by atoms with E-state index in [2.05, 4.69) is 72.8 Å². The number of hydrogen-bond donors (Lipinski definition) is 1. The normalized spacial score (nSPS) is 14.7. The van der Waals surface area contributed by atoms with Crippen LogP contribution in [0.25, 0.3) is 22.3 Å². The second-order valence-electron chi connectivity index (χ2n) is 6.74. The summed E-state index contributed by atoms with van der Waals surface area (Å²) in [6, 6.07) is 33.5. The van der Waals surface area contributed by atoms with Crippen LogP contribution in [0.1, 0.15) is 22.6 Å². The van der Waals surface area contributed by atoms with Gasteiger partial charge in [-0.1, -0.05) is 84.9 Å². The maximum absolute atomic E-state index is 9.72. The third kappa shape index (κ3) is 2.25. The number of aromatic hydroxyl groups is 1. The van der Waals surface area contributed by atoms with E-state index in [0.29, 0.717) is 5.75 Å². The molecule has 0 radical (unpaired) electrons. The molecule has 0 aromatic heterocycles. The molecule has 1 atom stereocenters. The van der Waals surface area contributed by atoms with Crippen molar-refractivity contribution in [2.24, 2.45) is 0 Å². The molecule has 0 heterocycles. The first kappa shape index (κ1) is 15.0. The minimum absolute atomic E-state index is 0.179. The number of rotatable bonds is 2. The van der Waals surface area contributed by atoms with E-state index in [0.717, 1.165) is 0 Å². The molecular formula is C25H18O. The molecule has 0 spiro atoms. The summed E-state index contributed by atoms with van der Waals surface area (Å²) in [5.74, 6) is 0.481. The van der Waals surface area contributed by atoms with Crippen LogP contribution in [0.3, 0.4) is 0 Å². The first-order valence-corrected chi connectivity index (χ1v) is 8.89. The van der Waals surface area contributed by atoms with E-state index >= 15 is 0 Å². The molecule has 0 amide bonds. The van der Waals surface area contributed by atoms with Gasteiger partial charge in [0.1, 0.15) is 5.75 Å². The highest BCUT2D eigenvalue weighted by Crippen LogP contribution is 2.51. The van der Waals surface area contributed by atoms with Crippen molar-refractivity contribution in [3.63, 3.8) is 0 Å². The van der Waals surface area contributed by atoms with Crippen LogP contribution in [0.5, 0.6) is 5.75 Å². The van der Waals surface area contributed by atoms with Gasteiger partial charge in [0, 0.05) is 5.92 Å². The average molecular weight is 334 g/mol. The minimum Gasteiger partial charge on any atom is -0.508 e. The van der Waals surface area contributed by atoms with Gasteiger partial charge in [0.05, 0.1) is 0 Å². The third-order valence-corrected chi connectivity index (χ3v) is 5.27. The first-order valence-electron chi connectivity index (χ1n) is 8.89. The van der Waals surface area contributed by atoms with Crippen LogP contribution in [-0.2, 0) is 0 Å². The largest absolute Gasteiger partial charge is 0.508 e. The molecule has 4 aromatic rings. The van der Waals surface area contributed by atoms with Gasteiger partial charge in [-0.2, -0.15) is 0 Å². The zero-order valence-corrected chi connectivity index (χ0v) is 14.3. The zero-order valence-electron chi connectivity index (χ0n) is 14.3. The van der Waals surface area contributed by atoms with Crippen molar-refractivity contribution < 1.29 is 5.11 Å². The number of fused-ring (bicyclic) bond motifs is 3. The predicted molar refractivity (Wildman–Crippen MR) is 106 cm³/mol. The van der Waals surface area contributed by atoms with E-state index < -0.39 is 0 Å². The molecule has 4 aromatic carbocycles. The van der Waals surface area contributed by atoms with Crippen LogP contribution in [0.4, 0.5) is 0 Å². The molecule has 0 saturated heterocycles. The SMILES string of the molecule is Oc1ccc(C2c3ccccc3-c3cccc(-c4ccccc4)c32)cc1. The van der Waals surface area contributed by atoms with Gasteiger partial charge in [-0.25, -0.2) is 0 Å². The fourth-order valence-corrected chi connectivity index (χ4v) is 4.14. The highest BCUT2D eigenvalue weighted by molar-refractivity contribution is 5.88. The van der Waals surface area contributed by atoms with Gasteiger partial charge in [-0.15, -0.1) is 0 Å². The molecule has 0 aliphatic heterocycles. The van der Waals surface area contributed by atoms with E-state index in [1.54, 1.807) is 12.1 Å². The van der Waals surface area contributed by atoms with Gasteiger partial charge >= 0.3 is 0 Å². The lowest BCUT2D eigenvalue weighted by Gasteiger charge is -2.18. The van der Waals surface area contributed by atoms with Crippen molar-refractivity contribution in [3.05, 3.63) is 114 Å². The van der Waals surface area contributed by atoms with Crippen LogP contribution < -0.4 is 0 Å². The van der Waals surface area contributed by atoms with Crippen LogP contribution >= 0.6 is 0 Å². The lowest BCUT2D eigenvalue weighted by molar-refractivity contribution is 0.475. The quantitative estimate of drug-likeness (QED) is 0.406. The summed E-state index contributed by atoms with van der Waals surface area (Å²) >= 11 is 0. The zero-order chi connectivity index (χ0) is 17.5. The number of benzene rings is 4. The van der Waals surface area contributed by atoms with Gasteiger partial charge in [0.15, 0.2) is 0 Å². The molecule has 1 heteroatoms. The monoisotopic (exact) mass is 334 g/mol. The summed E-state index contributed by atoms with van der Waals surface area (Å²) in [5, 5.41) is 9.72. The van der Waals surface area contributed by atoms with E-state index in [9.17, 15) is 5.11 Å². The Labute approximate surface area is 153 Å². The van der Waals surface area contributed by atoms with Gasteiger partial charge in [-0.3, -0.25) is 0 Å². The molecular weight excluding hydrogens is 316 g/mol. The highest BCUT2D eigenvalue weighted by Gasteiger charge is 2.31. The Morgan fingerprint density at radius 1 is 0.538 bits per heavy atom. The van der Waals surface area contributed by atoms with Gasteiger partial charge < -0.3 is 5.11 Å². The molecule has 1 aliphatic carbocycles. The maximum Gasteiger partial charge on any atom is 0.115 e. The summed E-state index contributed by atoms with van der Waals surface area (Å²) in [7, 11) is 0. The Balaban J connectivity index is 1.81. The van der Waals surface area contributed by atoms with Gasteiger partial charge in [0.2, 0.25) is 0 Å². The first-order chi connectivity index (χ1) is 12.8. The second kappa shape index (κ2) is 5.89. The lowest BCUT2D eigenvalue weighted by atomic mass is 9.85. The maximum atomic E-state index is 9.72. The summed E-state index contributed by atoms with van der Waals surface area (Å²) in [6.07, 6.45) is 0. The Kier molecular flexibility index (Phi) is 3.39. The summed E-state index contributed by atoms with van der Waals surface area (Å²) in [5.41, 5.74) is 9.01. The summed E-state index contributed by atoms with van der Waals surface area (Å²) in [4.78, 5) is 0. The van der Waals surface area contributed by atoms with Crippen molar-refractivity contribution >= 4 is 0 Å². The number of hydrogen-bond acceptors (Lipinski definition) is 1. The van der Waals surface area contributed by atoms with Crippen molar-refractivity contribution in [3.8, 4) is 28.0 Å². The van der Waals surface area contributed by atoms with Crippen LogP contribution in [0, 0.1) is 0 Å². The Hall–Kier alpha value is -3.32. The highest BCUT2D eigenvalue weighted by atomic mass is 16.3. The van der Waals surface area contributed by atoms with Crippen molar-refractivity contribution in [1.29, 1.82) is 0 Å². The Morgan fingerprint density at radius 2 is 1.19 bits per heavy atom. The molecule has 5 rings (SSSR count). The van der Waals surface area contributed by atoms with E-state index in [4.69, 9.17) is 0 Å². The summed E-state index contributed by atoms with van der Waals surface area (Å²) < 4.78 is 0. The minimum atomic E-state index is 0.179. The van der Waals surface area contributed by atoms with Gasteiger partial charge in [-0.05, 0) is 51.1 Å². The number of phenolic OH excluding ortho intramolecular Hbond substituents is 1. The second-order valence-corrected chi connectivity index (χ2v) is 6.74. The van der Waals surface area contributed by atoms with Crippen molar-refractivity contribution in [2.45, 2.75) is 5.92 Å². The standard InChI is InChI=1S/C25H18O/c26-19-15-13-18(14-16-19)24-22-10-5-4-9-21(22)23-12-6-11-20(25(23)24)17-7-2-1-3-8-17/h1-16,24,26H. The topological polar surface area (TPSA) is 20.2 Å². The molecule has 0 fully saturated rings. The molecule has 0 bridgehead atoms. The predicted octanol–water partition coefficient (Wildman–Crippen LogP) is 6.22. The van der Waals surface area contributed by atoms with Crippen LogP contribution in [-0.4, -0.2) is 5.11 Å².